The molecule has 9 nitrogen and oxygen atoms in total. The molecule has 11 heteroatoms. The quantitative estimate of drug-likeness (QED) is 0.451. The molecule has 0 unspecified atom stereocenters. The second-order valence-electron chi connectivity index (χ2n) is 9.12. The second kappa shape index (κ2) is 11.6. The minimum absolute atomic E-state index is 0.0301. The van der Waals surface area contributed by atoms with Gasteiger partial charge in [-0.2, -0.15) is 5.10 Å². The van der Waals surface area contributed by atoms with Crippen LogP contribution in [0.4, 0.5) is 20.4 Å². The van der Waals surface area contributed by atoms with E-state index < -0.39 is 11.6 Å². The number of benzene rings is 1. The third-order valence-corrected chi connectivity index (χ3v) is 6.34. The summed E-state index contributed by atoms with van der Waals surface area (Å²) in [6, 6.07) is 1.91. The predicted molar refractivity (Wildman–Crippen MR) is 133 cm³/mol. The third-order valence-electron chi connectivity index (χ3n) is 6.34. The maximum atomic E-state index is 14.4. The van der Waals surface area contributed by atoms with Crippen molar-refractivity contribution in [3.63, 3.8) is 0 Å². The van der Waals surface area contributed by atoms with Gasteiger partial charge < -0.3 is 14.8 Å². The second-order valence-corrected chi connectivity index (χ2v) is 9.12. The number of piperazine rings is 1. The first-order chi connectivity index (χ1) is 17.3. The highest BCUT2D eigenvalue weighted by molar-refractivity contribution is 5.50. The van der Waals surface area contributed by atoms with Crippen molar-refractivity contribution in [2.45, 2.75) is 40.0 Å². The van der Waals surface area contributed by atoms with Gasteiger partial charge in [0.15, 0.2) is 17.3 Å². The van der Waals surface area contributed by atoms with Crippen LogP contribution in [0.3, 0.4) is 0 Å². The summed E-state index contributed by atoms with van der Waals surface area (Å²) in [5.41, 5.74) is 0.837. The summed E-state index contributed by atoms with van der Waals surface area (Å²) in [6.07, 6.45) is 6.52. The van der Waals surface area contributed by atoms with Crippen LogP contribution in [0.25, 0.3) is 0 Å². The van der Waals surface area contributed by atoms with E-state index in [1.54, 1.807) is 13.1 Å². The zero-order chi connectivity index (χ0) is 25.7. The van der Waals surface area contributed by atoms with E-state index >= 15 is 0 Å². The number of aromatic nitrogens is 4. The molecule has 1 aliphatic heterocycles. The van der Waals surface area contributed by atoms with Gasteiger partial charge in [-0.15, -0.1) is 0 Å². The number of aryl methyl sites for hydroxylation is 1. The smallest absolute Gasteiger partial charge is 0.227 e. The largest absolute Gasteiger partial charge is 0.494 e. The monoisotopic (exact) mass is 501 g/mol. The van der Waals surface area contributed by atoms with E-state index in [9.17, 15) is 8.78 Å². The Morgan fingerprint density at radius 3 is 2.42 bits per heavy atom. The van der Waals surface area contributed by atoms with Crippen molar-refractivity contribution in [3.05, 3.63) is 53.6 Å². The Bertz CT molecular complexity index is 1150. The van der Waals surface area contributed by atoms with Gasteiger partial charge in [-0.1, -0.05) is 0 Å². The average molecular weight is 502 g/mol. The Balaban J connectivity index is 1.27. The van der Waals surface area contributed by atoms with Gasteiger partial charge in [-0.05, 0) is 32.4 Å². The number of anilines is 2. The normalized spacial score (nSPS) is 14.9. The summed E-state index contributed by atoms with van der Waals surface area (Å²) in [4.78, 5) is 13.4. The Hall–Kier alpha value is -3.31. The molecule has 194 valence electrons. The molecule has 0 amide bonds. The van der Waals surface area contributed by atoms with Crippen molar-refractivity contribution < 1.29 is 18.3 Å². The zero-order valence-corrected chi connectivity index (χ0v) is 21.2. The number of hydrogen-bond acceptors (Lipinski definition) is 8. The van der Waals surface area contributed by atoms with Crippen LogP contribution in [0.1, 0.15) is 25.0 Å². The molecule has 0 spiro atoms. The lowest BCUT2D eigenvalue weighted by Crippen LogP contribution is -2.49. The molecule has 1 aromatic carbocycles. The molecule has 0 bridgehead atoms. The fraction of sp³-hybridized carbons (Fsp3) is 0.480. The first-order valence-corrected chi connectivity index (χ1v) is 12.1. The van der Waals surface area contributed by atoms with E-state index in [2.05, 4.69) is 44.0 Å². The molecule has 1 fully saturated rings. The molecule has 1 saturated heterocycles. The minimum atomic E-state index is -0.783. The number of rotatable bonds is 10. The van der Waals surface area contributed by atoms with Gasteiger partial charge in [-0.3, -0.25) is 14.5 Å². The summed E-state index contributed by atoms with van der Waals surface area (Å²) in [5, 5.41) is 7.52. The lowest BCUT2D eigenvalue weighted by atomic mass is 10.1. The van der Waals surface area contributed by atoms with Crippen molar-refractivity contribution >= 4 is 11.6 Å². The first kappa shape index (κ1) is 25.8. The molecule has 3 heterocycles. The summed E-state index contributed by atoms with van der Waals surface area (Å²) in [5.74, 6) is -0.830. The van der Waals surface area contributed by atoms with Gasteiger partial charge >= 0.3 is 0 Å². The molecule has 2 aromatic heterocycles. The van der Waals surface area contributed by atoms with E-state index in [1.165, 1.54) is 25.6 Å². The van der Waals surface area contributed by atoms with Crippen LogP contribution in [0.5, 0.6) is 11.5 Å². The maximum absolute atomic E-state index is 14.4. The number of hydrogen-bond donors (Lipinski definition) is 1. The molecule has 0 atom stereocenters. The highest BCUT2D eigenvalue weighted by Crippen LogP contribution is 2.27. The van der Waals surface area contributed by atoms with Crippen molar-refractivity contribution in [1.82, 2.24) is 29.5 Å². The molecular weight excluding hydrogens is 468 g/mol. The van der Waals surface area contributed by atoms with Crippen LogP contribution < -0.4 is 14.8 Å². The standard InChI is InChI=1S/C25H33F2N7O2/c1-17(2)33-8-5-32(6-9-33)7-10-34-15-19(12-30-34)31-25-28-13-20(14-29-25)36-16-21-23(26)18(3)11-22(35-4)24(21)27/h11-15,17H,5-10,16H2,1-4H3,(H,28,29,31). The van der Waals surface area contributed by atoms with E-state index in [1.807, 2.05) is 10.9 Å². The van der Waals surface area contributed by atoms with E-state index in [0.717, 1.165) is 45.0 Å². The van der Waals surface area contributed by atoms with Gasteiger partial charge in [-0.25, -0.2) is 18.7 Å². The van der Waals surface area contributed by atoms with Crippen LogP contribution in [0.15, 0.2) is 30.9 Å². The summed E-state index contributed by atoms with van der Waals surface area (Å²) in [7, 11) is 1.33. The van der Waals surface area contributed by atoms with Crippen LogP contribution in [-0.2, 0) is 13.2 Å². The van der Waals surface area contributed by atoms with Gasteiger partial charge in [0.25, 0.3) is 0 Å². The fourth-order valence-corrected chi connectivity index (χ4v) is 4.12. The molecule has 1 N–H and O–H groups in total. The molecular formula is C25H33F2N7O2. The van der Waals surface area contributed by atoms with Crippen molar-refractivity contribution in [1.29, 1.82) is 0 Å². The Morgan fingerprint density at radius 1 is 1.03 bits per heavy atom. The lowest BCUT2D eigenvalue weighted by molar-refractivity contribution is 0.105. The molecule has 0 aliphatic carbocycles. The van der Waals surface area contributed by atoms with E-state index in [-0.39, 0.29) is 29.2 Å². The van der Waals surface area contributed by atoms with Gasteiger partial charge in [0.1, 0.15) is 12.4 Å². The molecule has 0 saturated carbocycles. The van der Waals surface area contributed by atoms with E-state index in [4.69, 9.17) is 9.47 Å². The Labute approximate surface area is 210 Å². The third kappa shape index (κ3) is 6.27. The maximum Gasteiger partial charge on any atom is 0.227 e. The average Bonchev–Trinajstić information content (AvgIpc) is 3.33. The van der Waals surface area contributed by atoms with Gasteiger partial charge in [0.05, 0.1) is 43.5 Å². The first-order valence-electron chi connectivity index (χ1n) is 12.1. The molecule has 4 rings (SSSR count). The topological polar surface area (TPSA) is 80.6 Å². The summed E-state index contributed by atoms with van der Waals surface area (Å²) in [6.45, 7) is 11.8. The molecule has 3 aromatic rings. The number of nitrogens with one attached hydrogen (secondary N) is 1. The number of ether oxygens (including phenoxy) is 2. The SMILES string of the molecule is COc1cc(C)c(F)c(COc2cnc(Nc3cnn(CCN4CCN(C(C)C)CC4)c3)nc2)c1F. The summed E-state index contributed by atoms with van der Waals surface area (Å²) >= 11 is 0. The van der Waals surface area contributed by atoms with Crippen LogP contribution >= 0.6 is 0 Å². The highest BCUT2D eigenvalue weighted by Gasteiger charge is 2.19. The van der Waals surface area contributed by atoms with E-state index in [0.29, 0.717) is 12.0 Å². The van der Waals surface area contributed by atoms with Crippen molar-refractivity contribution in [2.75, 3.05) is 45.2 Å². The molecule has 0 radical (unpaired) electrons. The number of methoxy groups -OCH3 is 1. The Kier molecular flexibility index (Phi) is 8.32. The highest BCUT2D eigenvalue weighted by atomic mass is 19.1. The van der Waals surface area contributed by atoms with Crippen molar-refractivity contribution in [2.24, 2.45) is 0 Å². The summed E-state index contributed by atoms with van der Waals surface area (Å²) < 4.78 is 41.2. The van der Waals surface area contributed by atoms with Crippen LogP contribution in [0.2, 0.25) is 0 Å². The fourth-order valence-electron chi connectivity index (χ4n) is 4.12. The molecule has 36 heavy (non-hydrogen) atoms. The van der Waals surface area contributed by atoms with Gasteiger partial charge in [0.2, 0.25) is 5.95 Å². The van der Waals surface area contributed by atoms with Gasteiger partial charge in [0, 0.05) is 45.0 Å². The Morgan fingerprint density at radius 2 is 1.75 bits per heavy atom. The molecule has 1 aliphatic rings. The van der Waals surface area contributed by atoms with Crippen LogP contribution in [0, 0.1) is 18.6 Å². The van der Waals surface area contributed by atoms with Crippen LogP contribution in [-0.4, -0.2) is 75.4 Å². The predicted octanol–water partition coefficient (Wildman–Crippen LogP) is 3.62. The minimum Gasteiger partial charge on any atom is -0.494 e. The number of halogens is 2. The number of nitrogens with zero attached hydrogens (tertiary/aromatic N) is 6. The van der Waals surface area contributed by atoms with Crippen molar-refractivity contribution in [3.8, 4) is 11.5 Å². The zero-order valence-electron chi connectivity index (χ0n) is 21.2. The lowest BCUT2D eigenvalue weighted by Gasteiger charge is -2.36.